The Labute approximate surface area is 175 Å². The number of carbonyl (C=O) groups is 1. The fourth-order valence-corrected chi connectivity index (χ4v) is 3.69. The third-order valence-electron chi connectivity index (χ3n) is 4.63. The van der Waals surface area contributed by atoms with E-state index >= 15 is 0 Å². The first-order chi connectivity index (χ1) is 11.9. The van der Waals surface area contributed by atoms with Crippen molar-refractivity contribution in [1.29, 1.82) is 0 Å². The quantitative estimate of drug-likeness (QED) is 0.694. The molecule has 0 saturated carbocycles. The lowest BCUT2D eigenvalue weighted by molar-refractivity contribution is -0.926. The molecule has 0 spiro atoms. The van der Waals surface area contributed by atoms with E-state index in [1.165, 1.54) is 5.56 Å². The fraction of sp³-hybridized carbons (Fsp3) is 0.316. The Morgan fingerprint density at radius 1 is 1.08 bits per heavy atom. The number of piperazine rings is 1. The van der Waals surface area contributed by atoms with Gasteiger partial charge in [-0.25, -0.2) is 4.79 Å². The van der Waals surface area contributed by atoms with Crippen LogP contribution in [0.25, 0.3) is 0 Å². The van der Waals surface area contributed by atoms with E-state index in [2.05, 4.69) is 36.6 Å². The highest BCUT2D eigenvalue weighted by Crippen LogP contribution is 2.23. The van der Waals surface area contributed by atoms with Crippen molar-refractivity contribution in [3.63, 3.8) is 0 Å². The molecule has 0 atom stereocenters. The number of urea groups is 1. The molecule has 140 valence electrons. The molecule has 2 aromatic carbocycles. The van der Waals surface area contributed by atoms with E-state index < -0.39 is 0 Å². The molecule has 0 aromatic heterocycles. The molecule has 26 heavy (non-hydrogen) atoms. The van der Waals surface area contributed by atoms with E-state index in [0.717, 1.165) is 37.2 Å². The number of likely N-dealkylation sites (N-methyl/N-ethyl adjacent to an activating group) is 1. The third-order valence-corrected chi connectivity index (χ3v) is 5.06. The largest absolute Gasteiger partial charge is 1.00 e. The number of nitrogens with zero attached hydrogens (tertiary/aromatic N) is 2. The second-order valence-electron chi connectivity index (χ2n) is 6.79. The van der Waals surface area contributed by atoms with Crippen molar-refractivity contribution < 1.29 is 26.3 Å². The van der Waals surface area contributed by atoms with Crippen LogP contribution in [0, 0.1) is 0 Å². The first kappa shape index (κ1) is 21.0. The molecule has 1 fully saturated rings. The van der Waals surface area contributed by atoms with Gasteiger partial charge in [-0.05, 0) is 18.2 Å². The molecule has 0 radical (unpaired) electrons. The van der Waals surface area contributed by atoms with E-state index in [-0.39, 0.29) is 23.0 Å². The second-order valence-corrected chi connectivity index (χ2v) is 7.66. The van der Waals surface area contributed by atoms with Crippen LogP contribution in [-0.4, -0.2) is 48.6 Å². The van der Waals surface area contributed by atoms with Gasteiger partial charge < -0.3 is 31.7 Å². The Hall–Kier alpha value is -1.27. The van der Waals surface area contributed by atoms with Gasteiger partial charge in [0.2, 0.25) is 0 Å². The molecule has 1 aliphatic rings. The summed E-state index contributed by atoms with van der Waals surface area (Å²) in [5.41, 5.74) is 1.95. The zero-order valence-corrected chi connectivity index (χ0v) is 17.7. The first-order valence-corrected chi connectivity index (χ1v) is 9.09. The van der Waals surface area contributed by atoms with Gasteiger partial charge in [0.05, 0.1) is 33.2 Å². The highest BCUT2D eigenvalue weighted by molar-refractivity contribution is 6.35. The van der Waals surface area contributed by atoms with Crippen LogP contribution in [0.15, 0.2) is 48.5 Å². The molecule has 0 aliphatic carbocycles. The van der Waals surface area contributed by atoms with Gasteiger partial charge in [0, 0.05) is 21.3 Å². The number of rotatable bonds is 3. The average molecular weight is 459 g/mol. The van der Waals surface area contributed by atoms with Crippen molar-refractivity contribution in [3.05, 3.63) is 64.1 Å². The molecule has 1 aliphatic heterocycles. The molecule has 7 heteroatoms. The minimum atomic E-state index is -0.107. The molecule has 3 rings (SSSR count). The lowest BCUT2D eigenvalue weighted by Crippen LogP contribution is -3.00. The summed E-state index contributed by atoms with van der Waals surface area (Å²) in [7, 11) is 2.25. The van der Waals surface area contributed by atoms with Crippen molar-refractivity contribution in [2.45, 2.75) is 6.54 Å². The predicted molar refractivity (Wildman–Crippen MR) is 103 cm³/mol. The summed E-state index contributed by atoms with van der Waals surface area (Å²) in [6.45, 7) is 4.30. The minimum Gasteiger partial charge on any atom is -1.00 e. The fourth-order valence-electron chi connectivity index (χ4n) is 3.16. The maximum Gasteiger partial charge on any atom is 0.322 e. The number of halogens is 3. The number of hydrogen-bond donors (Lipinski definition) is 1. The molecule has 0 bridgehead atoms. The molecule has 1 N–H and O–H groups in total. The zero-order valence-electron chi connectivity index (χ0n) is 14.6. The first-order valence-electron chi connectivity index (χ1n) is 8.33. The number of hydrogen-bond acceptors (Lipinski definition) is 1. The van der Waals surface area contributed by atoms with Gasteiger partial charge in [-0.1, -0.05) is 53.5 Å². The summed E-state index contributed by atoms with van der Waals surface area (Å²) in [6, 6.07) is 15.4. The normalized spacial score (nSPS) is 15.9. The number of quaternary nitrogens is 1. The van der Waals surface area contributed by atoms with E-state index in [1.54, 1.807) is 18.2 Å². The van der Waals surface area contributed by atoms with Crippen LogP contribution in [0.3, 0.4) is 0 Å². The van der Waals surface area contributed by atoms with E-state index in [4.69, 9.17) is 23.2 Å². The van der Waals surface area contributed by atoms with Crippen molar-refractivity contribution in [1.82, 2.24) is 4.90 Å². The third kappa shape index (κ3) is 5.61. The number of amides is 2. The van der Waals surface area contributed by atoms with Gasteiger partial charge in [0.1, 0.15) is 6.54 Å². The average Bonchev–Trinajstić information content (AvgIpc) is 2.55. The molecule has 2 aromatic rings. The monoisotopic (exact) mass is 457 g/mol. The Kier molecular flexibility index (Phi) is 7.35. The summed E-state index contributed by atoms with van der Waals surface area (Å²) < 4.78 is 0.941. The molecule has 1 heterocycles. The number of carbonyl (C=O) groups excluding carboxylic acids is 1. The van der Waals surface area contributed by atoms with Crippen molar-refractivity contribution >= 4 is 34.9 Å². The Morgan fingerprint density at radius 2 is 1.65 bits per heavy atom. The van der Waals surface area contributed by atoms with Crippen LogP contribution in [-0.2, 0) is 6.54 Å². The van der Waals surface area contributed by atoms with Crippen molar-refractivity contribution in [2.24, 2.45) is 0 Å². The smallest absolute Gasteiger partial charge is 0.322 e. The number of benzene rings is 2. The van der Waals surface area contributed by atoms with Crippen LogP contribution >= 0.6 is 23.2 Å². The minimum absolute atomic E-state index is 0. The summed E-state index contributed by atoms with van der Waals surface area (Å²) in [6.07, 6.45) is 0. The van der Waals surface area contributed by atoms with Crippen LogP contribution in [0.1, 0.15) is 5.56 Å². The van der Waals surface area contributed by atoms with Gasteiger partial charge in [0.15, 0.2) is 0 Å². The maximum absolute atomic E-state index is 12.5. The lowest BCUT2D eigenvalue weighted by Gasteiger charge is -2.42. The zero-order chi connectivity index (χ0) is 17.9. The van der Waals surface area contributed by atoms with Gasteiger partial charge >= 0.3 is 6.03 Å². The van der Waals surface area contributed by atoms with E-state index in [1.807, 2.05) is 11.0 Å². The molecular formula is C19H22BrCl2N3O. The number of anilines is 1. The summed E-state index contributed by atoms with van der Waals surface area (Å²) in [5.74, 6) is 0. The van der Waals surface area contributed by atoms with Crippen LogP contribution in [0.5, 0.6) is 0 Å². The SMILES string of the molecule is C[N+]1(Cc2ccccc2)CCN(C(=O)Nc2cc(Cl)cc(Cl)c2)CC1.[Br-]. The van der Waals surface area contributed by atoms with Crippen LogP contribution < -0.4 is 22.3 Å². The van der Waals surface area contributed by atoms with Gasteiger partial charge in [-0.2, -0.15) is 0 Å². The molecule has 0 unspecified atom stereocenters. The summed E-state index contributed by atoms with van der Waals surface area (Å²) in [5, 5.41) is 3.90. The van der Waals surface area contributed by atoms with Crippen LogP contribution in [0.4, 0.5) is 10.5 Å². The highest BCUT2D eigenvalue weighted by atomic mass is 79.9. The Bertz CT molecular complexity index is 729. The van der Waals surface area contributed by atoms with Gasteiger partial charge in [-0.15, -0.1) is 0 Å². The highest BCUT2D eigenvalue weighted by Gasteiger charge is 2.31. The van der Waals surface area contributed by atoms with E-state index in [9.17, 15) is 4.79 Å². The maximum atomic E-state index is 12.5. The van der Waals surface area contributed by atoms with Crippen molar-refractivity contribution in [2.75, 3.05) is 38.5 Å². The molecule has 4 nitrogen and oxygen atoms in total. The topological polar surface area (TPSA) is 32.3 Å². The molecular weight excluding hydrogens is 437 g/mol. The standard InChI is InChI=1S/C19H21Cl2N3O.BrH/c1-24(14-15-5-3-2-4-6-15)9-7-23(8-10-24)19(25)22-18-12-16(20)11-17(21)13-18;/h2-6,11-13H,7-10,14H2,1H3;1H. The van der Waals surface area contributed by atoms with Gasteiger partial charge in [-0.3, -0.25) is 0 Å². The molecule has 1 saturated heterocycles. The van der Waals surface area contributed by atoms with E-state index in [0.29, 0.717) is 15.7 Å². The van der Waals surface area contributed by atoms with Gasteiger partial charge in [0.25, 0.3) is 0 Å². The molecule has 2 amide bonds. The summed E-state index contributed by atoms with van der Waals surface area (Å²) >= 11 is 12.0. The second kappa shape index (κ2) is 9.09. The van der Waals surface area contributed by atoms with Crippen molar-refractivity contribution in [3.8, 4) is 0 Å². The Morgan fingerprint density at radius 3 is 2.23 bits per heavy atom. The Balaban J connectivity index is 0.00000243. The predicted octanol–water partition coefficient (Wildman–Crippen LogP) is 1.49. The summed E-state index contributed by atoms with van der Waals surface area (Å²) in [4.78, 5) is 14.3. The number of nitrogens with one attached hydrogen (secondary N) is 1. The lowest BCUT2D eigenvalue weighted by atomic mass is 10.1. The van der Waals surface area contributed by atoms with Crippen LogP contribution in [0.2, 0.25) is 10.0 Å².